The van der Waals surface area contributed by atoms with Crippen LogP contribution >= 0.6 is 15.9 Å². The average Bonchev–Trinajstić information content (AvgIpc) is 2.44. The minimum Gasteiger partial charge on any atom is -0.392 e. The fourth-order valence-corrected chi connectivity index (χ4v) is 3.90. The second kappa shape index (κ2) is 6.17. The van der Waals surface area contributed by atoms with Crippen LogP contribution in [0.15, 0.2) is 45.8 Å². The molecule has 21 heavy (non-hydrogen) atoms. The van der Waals surface area contributed by atoms with Crippen molar-refractivity contribution in [3.63, 3.8) is 0 Å². The van der Waals surface area contributed by atoms with Crippen molar-refractivity contribution in [1.82, 2.24) is 0 Å². The number of aliphatic hydroxyl groups is 1. The van der Waals surface area contributed by atoms with Gasteiger partial charge in [-0.25, -0.2) is 8.42 Å². The van der Waals surface area contributed by atoms with Crippen molar-refractivity contribution in [2.45, 2.75) is 25.3 Å². The largest absolute Gasteiger partial charge is 0.392 e. The van der Waals surface area contributed by atoms with Gasteiger partial charge in [-0.15, -0.1) is 0 Å². The number of hydrogen-bond donors (Lipinski definition) is 2. The van der Waals surface area contributed by atoms with Crippen molar-refractivity contribution in [2.24, 2.45) is 0 Å². The Balaban J connectivity index is 2.46. The number of nitrogens with one attached hydrogen (secondary N) is 1. The van der Waals surface area contributed by atoms with E-state index in [4.69, 9.17) is 0 Å². The zero-order valence-corrected chi connectivity index (χ0v) is 14.1. The third-order valence-corrected chi connectivity index (χ3v) is 5.85. The van der Waals surface area contributed by atoms with Gasteiger partial charge in [0.1, 0.15) is 0 Å². The highest BCUT2D eigenvalue weighted by molar-refractivity contribution is 9.10. The lowest BCUT2D eigenvalue weighted by atomic mass is 10.1. The number of halogens is 1. The van der Waals surface area contributed by atoms with E-state index in [1.165, 1.54) is 6.07 Å². The SMILES string of the molecule is Cc1cccc(NS(=O)(=O)c2cccc(CO)c2C)c1Br. The Morgan fingerprint density at radius 2 is 1.81 bits per heavy atom. The van der Waals surface area contributed by atoms with Crippen molar-refractivity contribution >= 4 is 31.6 Å². The molecular weight excluding hydrogens is 354 g/mol. The first-order valence-corrected chi connectivity index (χ1v) is 8.61. The first-order chi connectivity index (χ1) is 9.86. The van der Waals surface area contributed by atoms with E-state index in [-0.39, 0.29) is 11.5 Å². The first kappa shape index (κ1) is 16.0. The van der Waals surface area contributed by atoms with Gasteiger partial charge in [0.05, 0.1) is 17.2 Å². The molecule has 0 radical (unpaired) electrons. The number of anilines is 1. The average molecular weight is 370 g/mol. The highest BCUT2D eigenvalue weighted by atomic mass is 79.9. The molecule has 0 saturated carbocycles. The number of hydrogen-bond acceptors (Lipinski definition) is 3. The Morgan fingerprint density at radius 3 is 2.48 bits per heavy atom. The smallest absolute Gasteiger partial charge is 0.262 e. The molecule has 0 amide bonds. The van der Waals surface area contributed by atoms with Crippen LogP contribution in [0.25, 0.3) is 0 Å². The van der Waals surface area contributed by atoms with Gasteiger partial charge in [-0.1, -0.05) is 24.3 Å². The minimum absolute atomic E-state index is 0.169. The van der Waals surface area contributed by atoms with Crippen molar-refractivity contribution < 1.29 is 13.5 Å². The molecule has 0 aliphatic heterocycles. The van der Waals surface area contributed by atoms with Gasteiger partial charge in [0.15, 0.2) is 0 Å². The predicted octanol–water partition coefficient (Wildman–Crippen LogP) is 3.36. The Hall–Kier alpha value is -1.37. The molecule has 2 aromatic carbocycles. The van der Waals surface area contributed by atoms with Gasteiger partial charge in [-0.05, 0) is 58.6 Å². The molecule has 112 valence electrons. The lowest BCUT2D eigenvalue weighted by Gasteiger charge is -2.14. The second-order valence-corrected chi connectivity index (χ2v) is 7.18. The van der Waals surface area contributed by atoms with Crippen LogP contribution in [0, 0.1) is 13.8 Å². The first-order valence-electron chi connectivity index (χ1n) is 6.34. The van der Waals surface area contributed by atoms with Crippen LogP contribution in [-0.4, -0.2) is 13.5 Å². The molecule has 2 aromatic rings. The van der Waals surface area contributed by atoms with Crippen LogP contribution in [0.3, 0.4) is 0 Å². The number of aryl methyl sites for hydroxylation is 1. The van der Waals surface area contributed by atoms with Crippen molar-refractivity contribution in [1.29, 1.82) is 0 Å². The fraction of sp³-hybridized carbons (Fsp3) is 0.200. The van der Waals surface area contributed by atoms with E-state index in [9.17, 15) is 13.5 Å². The van der Waals surface area contributed by atoms with Crippen LogP contribution < -0.4 is 4.72 Å². The van der Waals surface area contributed by atoms with E-state index >= 15 is 0 Å². The highest BCUT2D eigenvalue weighted by Crippen LogP contribution is 2.29. The minimum atomic E-state index is -3.71. The van der Waals surface area contributed by atoms with Gasteiger partial charge in [-0.3, -0.25) is 4.72 Å². The molecule has 6 heteroatoms. The molecule has 0 saturated heterocycles. The molecule has 0 aliphatic carbocycles. The van der Waals surface area contributed by atoms with E-state index in [1.807, 2.05) is 13.0 Å². The molecule has 0 bridgehead atoms. The van der Waals surface area contributed by atoms with Crippen LogP contribution in [0.4, 0.5) is 5.69 Å². The Morgan fingerprint density at radius 1 is 1.14 bits per heavy atom. The predicted molar refractivity (Wildman–Crippen MR) is 86.8 cm³/mol. The summed E-state index contributed by atoms with van der Waals surface area (Å²) in [5.41, 5.74) is 2.58. The molecule has 0 fully saturated rings. The molecule has 0 aliphatic rings. The quantitative estimate of drug-likeness (QED) is 0.867. The third kappa shape index (κ3) is 3.28. The van der Waals surface area contributed by atoms with Gasteiger partial charge >= 0.3 is 0 Å². The van der Waals surface area contributed by atoms with E-state index in [1.54, 1.807) is 31.2 Å². The Kier molecular flexibility index (Phi) is 4.70. The van der Waals surface area contributed by atoms with Gasteiger partial charge in [0.2, 0.25) is 0 Å². The van der Waals surface area contributed by atoms with Crippen LogP contribution in [0.2, 0.25) is 0 Å². The lowest BCUT2D eigenvalue weighted by molar-refractivity contribution is 0.280. The summed E-state index contributed by atoms with van der Waals surface area (Å²) < 4.78 is 28.4. The molecule has 2 rings (SSSR count). The molecular formula is C15H16BrNO3S. The van der Waals surface area contributed by atoms with Gasteiger partial charge in [0, 0.05) is 4.47 Å². The number of sulfonamides is 1. The molecule has 0 heterocycles. The van der Waals surface area contributed by atoms with Crippen molar-refractivity contribution in [3.8, 4) is 0 Å². The summed E-state index contributed by atoms with van der Waals surface area (Å²) in [7, 11) is -3.71. The van der Waals surface area contributed by atoms with Crippen LogP contribution in [-0.2, 0) is 16.6 Å². The van der Waals surface area contributed by atoms with E-state index in [0.717, 1.165) is 5.56 Å². The standard InChI is InChI=1S/C15H16BrNO3S/c1-10-5-3-7-13(15(10)16)17-21(19,20)14-8-4-6-12(9-18)11(14)2/h3-8,17-18H,9H2,1-2H3. The Bertz CT molecular complexity index is 772. The number of aliphatic hydroxyl groups excluding tert-OH is 1. The maximum absolute atomic E-state index is 12.5. The summed E-state index contributed by atoms with van der Waals surface area (Å²) in [6, 6.07) is 10.2. The molecule has 0 aromatic heterocycles. The Labute approximate surface area is 133 Å². The number of rotatable bonds is 4. The maximum atomic E-state index is 12.5. The molecule has 0 unspecified atom stereocenters. The summed E-state index contributed by atoms with van der Waals surface area (Å²) in [4.78, 5) is 0.169. The van der Waals surface area contributed by atoms with Crippen LogP contribution in [0.5, 0.6) is 0 Å². The summed E-state index contributed by atoms with van der Waals surface area (Å²) in [6.07, 6.45) is 0. The summed E-state index contributed by atoms with van der Waals surface area (Å²) >= 11 is 3.39. The summed E-state index contributed by atoms with van der Waals surface area (Å²) in [6.45, 7) is 3.38. The summed E-state index contributed by atoms with van der Waals surface area (Å²) in [5, 5.41) is 9.26. The van der Waals surface area contributed by atoms with Crippen molar-refractivity contribution in [3.05, 3.63) is 57.6 Å². The van der Waals surface area contributed by atoms with Crippen molar-refractivity contribution in [2.75, 3.05) is 4.72 Å². The van der Waals surface area contributed by atoms with Gasteiger partial charge in [-0.2, -0.15) is 0 Å². The molecule has 2 N–H and O–H groups in total. The molecule has 0 atom stereocenters. The molecule has 0 spiro atoms. The highest BCUT2D eigenvalue weighted by Gasteiger charge is 2.19. The lowest BCUT2D eigenvalue weighted by Crippen LogP contribution is -2.15. The third-order valence-electron chi connectivity index (χ3n) is 3.29. The molecule has 4 nitrogen and oxygen atoms in total. The zero-order chi connectivity index (χ0) is 15.6. The van der Waals surface area contributed by atoms with E-state index in [0.29, 0.717) is 21.3 Å². The normalized spacial score (nSPS) is 11.4. The maximum Gasteiger partial charge on any atom is 0.262 e. The van der Waals surface area contributed by atoms with E-state index in [2.05, 4.69) is 20.7 Å². The topological polar surface area (TPSA) is 66.4 Å². The fourth-order valence-electron chi connectivity index (χ4n) is 2.05. The van der Waals surface area contributed by atoms with Gasteiger partial charge in [0.25, 0.3) is 10.0 Å². The van der Waals surface area contributed by atoms with E-state index < -0.39 is 10.0 Å². The number of benzene rings is 2. The van der Waals surface area contributed by atoms with Gasteiger partial charge < -0.3 is 5.11 Å². The summed E-state index contributed by atoms with van der Waals surface area (Å²) in [5.74, 6) is 0. The monoisotopic (exact) mass is 369 g/mol. The zero-order valence-electron chi connectivity index (χ0n) is 11.7. The van der Waals surface area contributed by atoms with Crippen LogP contribution in [0.1, 0.15) is 16.7 Å². The second-order valence-electron chi connectivity index (χ2n) is 4.74.